The maximum absolute atomic E-state index is 13.8. The fourth-order valence-electron chi connectivity index (χ4n) is 6.39. The number of nitrogens with zero attached hydrogens (tertiary/aromatic N) is 2. The van der Waals surface area contributed by atoms with Gasteiger partial charge in [-0.15, -0.1) is 0 Å². The third-order valence-electron chi connectivity index (χ3n) is 9.13. The van der Waals surface area contributed by atoms with Gasteiger partial charge in [0.1, 0.15) is 11.7 Å². The summed E-state index contributed by atoms with van der Waals surface area (Å²) in [5.41, 5.74) is -0.267. The van der Waals surface area contributed by atoms with Gasteiger partial charge in [0.2, 0.25) is 5.91 Å². The van der Waals surface area contributed by atoms with E-state index < -0.39 is 89.3 Å². The topological polar surface area (TPSA) is 234 Å². The number of carboxylic acid groups (broad SMARTS) is 1. The number of β-lactam (4-membered cyclic amide) rings is 1. The van der Waals surface area contributed by atoms with E-state index in [1.165, 1.54) is 36.4 Å². The average Bonchev–Trinajstić information content (AvgIpc) is 3.14. The molecular formula is C37H37ClN4O11. The Morgan fingerprint density at radius 1 is 0.868 bits per heavy atom. The highest BCUT2D eigenvalue weighted by atomic mass is 35.5. The molecule has 0 bridgehead atoms. The molecule has 1 fully saturated rings. The summed E-state index contributed by atoms with van der Waals surface area (Å²) >= 11 is 6.08. The molecule has 0 unspecified atom stereocenters. The van der Waals surface area contributed by atoms with E-state index in [4.69, 9.17) is 11.6 Å². The van der Waals surface area contributed by atoms with E-state index in [1.54, 1.807) is 30.3 Å². The molecule has 3 aromatic rings. The highest BCUT2D eigenvalue weighted by molar-refractivity contribution is 6.32. The van der Waals surface area contributed by atoms with Crippen LogP contribution in [0.3, 0.4) is 0 Å². The van der Waals surface area contributed by atoms with Gasteiger partial charge in [0.15, 0.2) is 28.8 Å². The number of carbonyl (C=O) groups is 6. The van der Waals surface area contributed by atoms with Gasteiger partial charge in [-0.2, -0.15) is 0 Å². The van der Waals surface area contributed by atoms with Gasteiger partial charge in [0.05, 0.1) is 29.6 Å². The van der Waals surface area contributed by atoms with Gasteiger partial charge in [0, 0.05) is 24.5 Å². The number of ketones is 1. The van der Waals surface area contributed by atoms with Crippen molar-refractivity contribution in [3.8, 4) is 23.0 Å². The predicted molar refractivity (Wildman–Crippen MR) is 188 cm³/mol. The zero-order valence-electron chi connectivity index (χ0n) is 28.2. The molecule has 3 atom stereocenters. The van der Waals surface area contributed by atoms with Gasteiger partial charge in [-0.05, 0) is 55.5 Å². The van der Waals surface area contributed by atoms with Gasteiger partial charge in [0.25, 0.3) is 17.7 Å². The zero-order valence-corrected chi connectivity index (χ0v) is 29.0. The molecule has 7 N–H and O–H groups in total. The van der Waals surface area contributed by atoms with E-state index in [2.05, 4.69) is 10.6 Å². The normalized spacial score (nSPS) is 16.9. The number of rotatable bonds is 15. The first-order valence-corrected chi connectivity index (χ1v) is 17.1. The lowest BCUT2D eigenvalue weighted by Crippen LogP contribution is -2.71. The van der Waals surface area contributed by atoms with Crippen LogP contribution in [0, 0.1) is 0 Å². The van der Waals surface area contributed by atoms with Crippen LogP contribution in [0.2, 0.25) is 0 Å². The molecule has 2 aliphatic heterocycles. The minimum Gasteiger partial charge on any atom is -0.504 e. The summed E-state index contributed by atoms with van der Waals surface area (Å²) in [5, 5.41) is 55.0. The van der Waals surface area contributed by atoms with E-state index in [-0.39, 0.29) is 47.8 Å². The van der Waals surface area contributed by atoms with Crippen LogP contribution in [0.5, 0.6) is 23.0 Å². The number of allylic oxidation sites excluding steroid dienone is 1. The number of phenolic OH excluding ortho intramolecular Hbond substituents is 4. The number of unbranched alkanes of at least 4 members (excludes halogenated alkanes) is 1. The van der Waals surface area contributed by atoms with Crippen LogP contribution in [0.1, 0.15) is 64.3 Å². The predicted octanol–water partition coefficient (Wildman–Crippen LogP) is 2.93. The van der Waals surface area contributed by atoms with Crippen molar-refractivity contribution in [2.24, 2.45) is 0 Å². The molecule has 1 saturated heterocycles. The first-order chi connectivity index (χ1) is 25.3. The highest BCUT2D eigenvalue weighted by Crippen LogP contribution is 2.38. The molecule has 2 heterocycles. The second kappa shape index (κ2) is 16.5. The number of fused-ring (bicyclic) bond motifs is 1. The van der Waals surface area contributed by atoms with Crippen LogP contribution in [-0.2, 0) is 19.2 Å². The number of para-hydroxylation sites is 2. The maximum Gasteiger partial charge on any atom is 0.353 e. The van der Waals surface area contributed by atoms with Crippen LogP contribution in [0.25, 0.3) is 0 Å². The van der Waals surface area contributed by atoms with Gasteiger partial charge in [-0.25, -0.2) is 4.79 Å². The van der Waals surface area contributed by atoms with Crippen molar-refractivity contribution in [3.63, 3.8) is 0 Å². The van der Waals surface area contributed by atoms with E-state index in [0.29, 0.717) is 18.4 Å². The van der Waals surface area contributed by atoms with Crippen molar-refractivity contribution in [3.05, 3.63) is 94.1 Å². The van der Waals surface area contributed by atoms with Crippen LogP contribution in [-0.4, -0.2) is 102 Å². The highest BCUT2D eigenvalue weighted by Gasteiger charge is 2.53. The second-order valence-corrected chi connectivity index (χ2v) is 13.1. The van der Waals surface area contributed by atoms with Gasteiger partial charge in [-0.1, -0.05) is 54.1 Å². The summed E-state index contributed by atoms with van der Waals surface area (Å²) in [4.78, 5) is 80.6. The van der Waals surface area contributed by atoms with Crippen molar-refractivity contribution in [1.82, 2.24) is 20.4 Å². The third kappa shape index (κ3) is 8.36. The Labute approximate surface area is 308 Å². The fourth-order valence-corrected chi connectivity index (χ4v) is 6.67. The van der Waals surface area contributed by atoms with Crippen molar-refractivity contribution in [1.29, 1.82) is 0 Å². The molecule has 0 spiro atoms. The minimum atomic E-state index is -1.36. The maximum atomic E-state index is 13.8. The molecule has 16 heteroatoms. The molecule has 0 aliphatic carbocycles. The third-order valence-corrected chi connectivity index (χ3v) is 9.50. The molecule has 2 aliphatic rings. The summed E-state index contributed by atoms with van der Waals surface area (Å²) < 4.78 is 0. The smallest absolute Gasteiger partial charge is 0.353 e. The van der Waals surface area contributed by atoms with Crippen molar-refractivity contribution in [2.45, 2.75) is 50.1 Å². The molecule has 53 heavy (non-hydrogen) atoms. The summed E-state index contributed by atoms with van der Waals surface area (Å²) in [7, 11) is 0. The molecule has 5 rings (SSSR count). The Morgan fingerprint density at radius 2 is 1.51 bits per heavy atom. The van der Waals surface area contributed by atoms with Crippen LogP contribution in [0.15, 0.2) is 77.5 Å². The number of amides is 4. The number of hydrogen-bond acceptors (Lipinski definition) is 10. The second-order valence-electron chi connectivity index (χ2n) is 12.6. The van der Waals surface area contributed by atoms with E-state index >= 15 is 0 Å². The molecule has 3 aromatic carbocycles. The summed E-state index contributed by atoms with van der Waals surface area (Å²) in [6.45, 7) is -0.435. The fraction of sp³-hybridized carbons (Fsp3) is 0.297. The number of carboxylic acids is 1. The van der Waals surface area contributed by atoms with E-state index in [9.17, 15) is 54.3 Å². The molecule has 15 nitrogen and oxygen atoms in total. The zero-order chi connectivity index (χ0) is 38.4. The number of aliphatic carboxylic acids is 1. The molecule has 0 saturated carbocycles. The van der Waals surface area contributed by atoms with Crippen LogP contribution >= 0.6 is 11.6 Å². The Hall–Kier alpha value is -6.09. The Balaban J connectivity index is 1.27. The molecule has 0 aromatic heterocycles. The van der Waals surface area contributed by atoms with Gasteiger partial charge < -0.3 is 41.1 Å². The molecule has 0 radical (unpaired) electrons. The number of carbonyl (C=O) groups excluding carboxylic acids is 5. The lowest BCUT2D eigenvalue weighted by Gasteiger charge is -2.49. The van der Waals surface area contributed by atoms with E-state index in [0.717, 1.165) is 9.80 Å². The summed E-state index contributed by atoms with van der Waals surface area (Å²) in [6, 6.07) is 14.4. The molecule has 4 amide bonds. The lowest BCUT2D eigenvalue weighted by atomic mass is 9.85. The first-order valence-electron chi connectivity index (χ1n) is 16.7. The average molecular weight is 749 g/mol. The molecule has 278 valence electrons. The van der Waals surface area contributed by atoms with Crippen LogP contribution < -0.4 is 10.6 Å². The quantitative estimate of drug-likeness (QED) is 0.0678. The minimum absolute atomic E-state index is 0.0365. The van der Waals surface area contributed by atoms with Crippen LogP contribution in [0.4, 0.5) is 0 Å². The number of aromatic hydroxyl groups is 4. The lowest BCUT2D eigenvalue weighted by molar-refractivity contribution is -0.156. The summed E-state index contributed by atoms with van der Waals surface area (Å²) in [5.74, 6) is -7.97. The number of halogens is 1. The Morgan fingerprint density at radius 3 is 2.17 bits per heavy atom. The Bertz CT molecular complexity index is 1970. The Kier molecular flexibility index (Phi) is 11.9. The number of hydrogen-bond donors (Lipinski definition) is 7. The number of Topliss-reactive ketones (excluding diaryl/α,β-unsaturated/α-hetero) is 1. The van der Waals surface area contributed by atoms with Crippen molar-refractivity contribution < 1.29 is 54.3 Å². The summed E-state index contributed by atoms with van der Waals surface area (Å²) in [6.07, 6.45) is 0.698. The van der Waals surface area contributed by atoms with Crippen molar-refractivity contribution in [2.75, 3.05) is 19.6 Å². The van der Waals surface area contributed by atoms with Gasteiger partial charge in [-0.3, -0.25) is 28.9 Å². The number of phenols is 4. The first kappa shape index (κ1) is 38.1. The number of nitrogens with one attached hydrogen (secondary N) is 2. The standard InChI is InChI=1S/C37H37ClN4O11/c38-25-14-15-26-29(36(51)42(26)30(25)37(52)53)40-34(49)24(20-8-2-1-3-9-20)18-21(43)19-41(35(50)23-11-7-13-28(45)32(23)47)17-5-4-16-39-33(48)22-10-6-12-27(44)31(22)46/h1-3,6-13,24,26,29,44-47H,4-5,14-19H2,(H,39,48)(H,40,49)(H,52,53)/t24-,26+,29-/m0/s1. The SMILES string of the molecule is O=C(C[C@H](C(=O)N[C@@H]1C(=O)N2C(C(=O)O)=C(Cl)CC[C@H]12)c1ccccc1)CN(CCCCNC(=O)c1cccc(O)c1O)C(=O)c1cccc(O)c1O. The van der Waals surface area contributed by atoms with Gasteiger partial charge >= 0.3 is 5.97 Å². The van der Waals surface area contributed by atoms with E-state index in [1.807, 2.05) is 0 Å². The number of benzene rings is 3. The monoisotopic (exact) mass is 748 g/mol. The van der Waals surface area contributed by atoms with Crippen molar-refractivity contribution >= 4 is 47.0 Å². The largest absolute Gasteiger partial charge is 0.504 e. The molecular weight excluding hydrogens is 712 g/mol.